The predicted molar refractivity (Wildman–Crippen MR) is 114 cm³/mol. The molecule has 0 radical (unpaired) electrons. The van der Waals surface area contributed by atoms with Gasteiger partial charge in [0.15, 0.2) is 5.13 Å². The van der Waals surface area contributed by atoms with Gasteiger partial charge in [0.2, 0.25) is 5.91 Å². The number of rotatable bonds is 5. The maximum atomic E-state index is 12.6. The topological polar surface area (TPSA) is 71.1 Å². The molecule has 0 bridgehead atoms. The standard InChI is InChI=1S/C22H23N3O2S/c1-13-6-5-7-14(2)20(13)21(27)25-22-24-19(12-28-22)18-10-8-17(9-11-18)15(3)23-16(4)26/h5-12,15H,1-4H3,(H,23,26)(H,24,25,27). The molecular weight excluding hydrogens is 370 g/mol. The Morgan fingerprint density at radius 2 is 1.68 bits per heavy atom. The van der Waals surface area contributed by atoms with Crippen LogP contribution in [-0.4, -0.2) is 16.8 Å². The Hall–Kier alpha value is -2.99. The van der Waals surface area contributed by atoms with E-state index < -0.39 is 0 Å². The molecule has 0 spiro atoms. The van der Waals surface area contributed by atoms with E-state index in [0.29, 0.717) is 10.7 Å². The predicted octanol–water partition coefficient (Wildman–Crippen LogP) is 4.88. The number of benzene rings is 2. The molecular formula is C22H23N3O2S. The first kappa shape index (κ1) is 19.8. The van der Waals surface area contributed by atoms with Crippen LogP contribution < -0.4 is 10.6 Å². The molecule has 1 heterocycles. The fraction of sp³-hybridized carbons (Fsp3) is 0.227. The summed E-state index contributed by atoms with van der Waals surface area (Å²) in [7, 11) is 0. The van der Waals surface area contributed by atoms with Crippen molar-refractivity contribution < 1.29 is 9.59 Å². The number of carbonyl (C=O) groups is 2. The second kappa shape index (κ2) is 8.35. The van der Waals surface area contributed by atoms with Crippen molar-refractivity contribution >= 4 is 28.3 Å². The van der Waals surface area contributed by atoms with Gasteiger partial charge in [0.05, 0.1) is 11.7 Å². The van der Waals surface area contributed by atoms with Crippen molar-refractivity contribution in [3.63, 3.8) is 0 Å². The maximum Gasteiger partial charge on any atom is 0.257 e. The average Bonchev–Trinajstić information content (AvgIpc) is 3.09. The fourth-order valence-electron chi connectivity index (χ4n) is 3.13. The zero-order valence-electron chi connectivity index (χ0n) is 16.4. The van der Waals surface area contributed by atoms with Gasteiger partial charge in [-0.05, 0) is 37.5 Å². The average molecular weight is 394 g/mol. The number of nitrogens with one attached hydrogen (secondary N) is 2. The maximum absolute atomic E-state index is 12.6. The molecule has 0 aliphatic heterocycles. The van der Waals surface area contributed by atoms with Crippen LogP contribution >= 0.6 is 11.3 Å². The zero-order valence-corrected chi connectivity index (χ0v) is 17.2. The van der Waals surface area contributed by atoms with Crippen molar-refractivity contribution in [1.29, 1.82) is 0 Å². The van der Waals surface area contributed by atoms with E-state index >= 15 is 0 Å². The van der Waals surface area contributed by atoms with Crippen LogP contribution in [-0.2, 0) is 4.79 Å². The smallest absolute Gasteiger partial charge is 0.257 e. The first-order chi connectivity index (χ1) is 13.3. The summed E-state index contributed by atoms with van der Waals surface area (Å²) in [6, 6.07) is 13.7. The van der Waals surface area contributed by atoms with Crippen LogP contribution in [0.15, 0.2) is 47.8 Å². The van der Waals surface area contributed by atoms with Gasteiger partial charge in [0.25, 0.3) is 5.91 Å². The molecule has 2 N–H and O–H groups in total. The molecule has 3 rings (SSSR count). The van der Waals surface area contributed by atoms with Crippen LogP contribution in [0.2, 0.25) is 0 Å². The lowest BCUT2D eigenvalue weighted by atomic mass is 10.0. The van der Waals surface area contributed by atoms with Gasteiger partial charge in [-0.3, -0.25) is 14.9 Å². The number of thiazole rings is 1. The highest BCUT2D eigenvalue weighted by atomic mass is 32.1. The third-order valence-electron chi connectivity index (χ3n) is 4.56. The Balaban J connectivity index is 1.73. The van der Waals surface area contributed by atoms with Crippen molar-refractivity contribution in [2.45, 2.75) is 33.7 Å². The molecule has 1 atom stereocenters. The molecule has 3 aromatic rings. The minimum absolute atomic E-state index is 0.0471. The Labute approximate surface area is 168 Å². The molecule has 144 valence electrons. The van der Waals surface area contributed by atoms with Crippen LogP contribution in [0.3, 0.4) is 0 Å². The van der Waals surface area contributed by atoms with E-state index in [0.717, 1.165) is 27.9 Å². The number of hydrogen-bond donors (Lipinski definition) is 2. The molecule has 28 heavy (non-hydrogen) atoms. The highest BCUT2D eigenvalue weighted by Gasteiger charge is 2.14. The number of anilines is 1. The Kier molecular flexibility index (Phi) is 5.90. The number of hydrogen-bond acceptors (Lipinski definition) is 4. The first-order valence-corrected chi connectivity index (χ1v) is 9.93. The SMILES string of the molecule is CC(=O)NC(C)c1ccc(-c2csc(NC(=O)c3c(C)cccc3C)n2)cc1. The van der Waals surface area contributed by atoms with E-state index in [1.54, 1.807) is 0 Å². The third kappa shape index (κ3) is 4.46. The number of amides is 2. The molecule has 1 aromatic heterocycles. The monoisotopic (exact) mass is 393 g/mol. The van der Waals surface area contributed by atoms with E-state index in [4.69, 9.17) is 0 Å². The minimum atomic E-state index is -0.143. The second-order valence-electron chi connectivity index (χ2n) is 6.80. The van der Waals surface area contributed by atoms with Gasteiger partial charge in [-0.2, -0.15) is 0 Å². The summed E-state index contributed by atoms with van der Waals surface area (Å²) in [6.45, 7) is 7.31. The summed E-state index contributed by atoms with van der Waals surface area (Å²) in [5.41, 5.74) is 5.37. The number of aromatic nitrogens is 1. The summed E-state index contributed by atoms with van der Waals surface area (Å²) < 4.78 is 0. The quantitative estimate of drug-likeness (QED) is 0.649. The van der Waals surface area contributed by atoms with Crippen LogP contribution in [0.25, 0.3) is 11.3 Å². The summed E-state index contributed by atoms with van der Waals surface area (Å²) in [5, 5.41) is 8.26. The highest BCUT2D eigenvalue weighted by Crippen LogP contribution is 2.27. The van der Waals surface area contributed by atoms with E-state index in [2.05, 4.69) is 15.6 Å². The first-order valence-electron chi connectivity index (χ1n) is 9.05. The highest BCUT2D eigenvalue weighted by molar-refractivity contribution is 7.14. The van der Waals surface area contributed by atoms with Crippen molar-refractivity contribution in [1.82, 2.24) is 10.3 Å². The Morgan fingerprint density at radius 3 is 2.29 bits per heavy atom. The lowest BCUT2D eigenvalue weighted by molar-refractivity contribution is -0.119. The molecule has 2 aromatic carbocycles. The minimum Gasteiger partial charge on any atom is -0.350 e. The van der Waals surface area contributed by atoms with Gasteiger partial charge < -0.3 is 5.32 Å². The van der Waals surface area contributed by atoms with E-state index in [1.807, 2.05) is 68.6 Å². The normalized spacial score (nSPS) is 11.7. The van der Waals surface area contributed by atoms with Gasteiger partial charge >= 0.3 is 0 Å². The molecule has 0 fully saturated rings. The molecule has 0 aliphatic rings. The third-order valence-corrected chi connectivity index (χ3v) is 5.32. The number of aryl methyl sites for hydroxylation is 2. The summed E-state index contributed by atoms with van der Waals surface area (Å²) >= 11 is 1.40. The second-order valence-corrected chi connectivity index (χ2v) is 7.66. The molecule has 0 saturated carbocycles. The zero-order chi connectivity index (χ0) is 20.3. The number of carbonyl (C=O) groups excluding carboxylic acids is 2. The van der Waals surface area contributed by atoms with E-state index in [1.165, 1.54) is 18.3 Å². The molecule has 0 aliphatic carbocycles. The molecule has 0 saturated heterocycles. The summed E-state index contributed by atoms with van der Waals surface area (Å²) in [5.74, 6) is -0.198. The van der Waals surface area contributed by atoms with Crippen molar-refractivity contribution in [2.24, 2.45) is 0 Å². The van der Waals surface area contributed by atoms with Crippen molar-refractivity contribution in [2.75, 3.05) is 5.32 Å². The van der Waals surface area contributed by atoms with Crippen LogP contribution in [0.4, 0.5) is 5.13 Å². The van der Waals surface area contributed by atoms with Crippen molar-refractivity contribution in [3.8, 4) is 11.3 Å². The van der Waals surface area contributed by atoms with Gasteiger partial charge in [0.1, 0.15) is 0 Å². The van der Waals surface area contributed by atoms with Crippen LogP contribution in [0, 0.1) is 13.8 Å². The Bertz CT molecular complexity index is 989. The van der Waals surface area contributed by atoms with Crippen LogP contribution in [0.5, 0.6) is 0 Å². The van der Waals surface area contributed by atoms with E-state index in [-0.39, 0.29) is 17.9 Å². The van der Waals surface area contributed by atoms with Gasteiger partial charge in [-0.1, -0.05) is 42.5 Å². The number of nitrogens with zero attached hydrogens (tertiary/aromatic N) is 1. The van der Waals surface area contributed by atoms with Gasteiger partial charge in [-0.15, -0.1) is 11.3 Å². The molecule has 1 unspecified atom stereocenters. The summed E-state index contributed by atoms with van der Waals surface area (Å²) in [4.78, 5) is 28.4. The summed E-state index contributed by atoms with van der Waals surface area (Å²) in [6.07, 6.45) is 0. The van der Waals surface area contributed by atoms with Gasteiger partial charge in [-0.25, -0.2) is 4.98 Å². The fourth-order valence-corrected chi connectivity index (χ4v) is 3.84. The molecule has 2 amide bonds. The largest absolute Gasteiger partial charge is 0.350 e. The van der Waals surface area contributed by atoms with E-state index in [9.17, 15) is 9.59 Å². The van der Waals surface area contributed by atoms with Crippen molar-refractivity contribution in [3.05, 3.63) is 70.1 Å². The lowest BCUT2D eigenvalue weighted by Gasteiger charge is -2.13. The lowest BCUT2D eigenvalue weighted by Crippen LogP contribution is -2.23. The van der Waals surface area contributed by atoms with Gasteiger partial charge in [0, 0.05) is 23.4 Å². The van der Waals surface area contributed by atoms with Crippen LogP contribution in [0.1, 0.15) is 46.9 Å². The molecule has 5 nitrogen and oxygen atoms in total. The Morgan fingerprint density at radius 1 is 1.04 bits per heavy atom. The molecule has 6 heteroatoms.